The summed E-state index contributed by atoms with van der Waals surface area (Å²) in [5, 5.41) is 10.7. The largest absolute Gasteiger partial charge is 0.390 e. The molecule has 2 nitrogen and oxygen atoms in total. The Morgan fingerprint density at radius 1 is 1.28 bits per heavy atom. The lowest BCUT2D eigenvalue weighted by molar-refractivity contribution is -0.0428. The number of aryl methyl sites for hydroxylation is 2. The SMILES string of the molecule is COC1CCC(O)(Cc2cc(C)ccc2C)CC1. The minimum absolute atomic E-state index is 0.337. The van der Waals surface area contributed by atoms with Crippen LogP contribution in [0.2, 0.25) is 0 Å². The predicted octanol–water partition coefficient (Wildman–Crippen LogP) is 3.17. The van der Waals surface area contributed by atoms with Crippen molar-refractivity contribution in [3.63, 3.8) is 0 Å². The highest BCUT2D eigenvalue weighted by molar-refractivity contribution is 5.31. The van der Waals surface area contributed by atoms with E-state index in [4.69, 9.17) is 4.74 Å². The maximum absolute atomic E-state index is 10.7. The molecule has 2 heteroatoms. The number of hydrogen-bond acceptors (Lipinski definition) is 2. The molecule has 0 saturated heterocycles. The Labute approximate surface area is 110 Å². The van der Waals surface area contributed by atoms with Crippen LogP contribution in [0.15, 0.2) is 18.2 Å². The first-order chi connectivity index (χ1) is 8.52. The van der Waals surface area contributed by atoms with Crippen LogP contribution in [0.5, 0.6) is 0 Å². The quantitative estimate of drug-likeness (QED) is 0.890. The van der Waals surface area contributed by atoms with E-state index in [1.807, 2.05) is 0 Å². The van der Waals surface area contributed by atoms with Crippen molar-refractivity contribution in [3.8, 4) is 0 Å². The van der Waals surface area contributed by atoms with Crippen molar-refractivity contribution >= 4 is 0 Å². The van der Waals surface area contributed by atoms with Gasteiger partial charge in [-0.3, -0.25) is 0 Å². The molecule has 0 aliphatic heterocycles. The smallest absolute Gasteiger partial charge is 0.0690 e. The van der Waals surface area contributed by atoms with Gasteiger partial charge in [0.2, 0.25) is 0 Å². The van der Waals surface area contributed by atoms with Gasteiger partial charge in [0.1, 0.15) is 0 Å². The van der Waals surface area contributed by atoms with Gasteiger partial charge in [0.05, 0.1) is 11.7 Å². The van der Waals surface area contributed by atoms with Gasteiger partial charge in [-0.2, -0.15) is 0 Å². The molecule has 0 amide bonds. The average molecular weight is 248 g/mol. The summed E-state index contributed by atoms with van der Waals surface area (Å²) in [5.74, 6) is 0. The number of aliphatic hydroxyl groups is 1. The van der Waals surface area contributed by atoms with Gasteiger partial charge >= 0.3 is 0 Å². The minimum atomic E-state index is -0.534. The van der Waals surface area contributed by atoms with Gasteiger partial charge in [0, 0.05) is 13.5 Å². The standard InChI is InChI=1S/C16H24O2/c1-12-4-5-13(2)14(10-12)11-16(17)8-6-15(18-3)7-9-16/h4-5,10,15,17H,6-9,11H2,1-3H3. The van der Waals surface area contributed by atoms with E-state index in [1.54, 1.807) is 7.11 Å². The van der Waals surface area contributed by atoms with Crippen LogP contribution in [0.25, 0.3) is 0 Å². The molecule has 100 valence electrons. The lowest BCUT2D eigenvalue weighted by Gasteiger charge is -2.36. The maximum Gasteiger partial charge on any atom is 0.0690 e. The number of rotatable bonds is 3. The van der Waals surface area contributed by atoms with Gasteiger partial charge in [0.25, 0.3) is 0 Å². The number of methoxy groups -OCH3 is 1. The van der Waals surface area contributed by atoms with Crippen LogP contribution in [0.4, 0.5) is 0 Å². The minimum Gasteiger partial charge on any atom is -0.390 e. The van der Waals surface area contributed by atoms with Crippen molar-refractivity contribution < 1.29 is 9.84 Å². The van der Waals surface area contributed by atoms with Crippen LogP contribution in [-0.4, -0.2) is 23.9 Å². The number of ether oxygens (including phenoxy) is 1. The summed E-state index contributed by atoms with van der Waals surface area (Å²) in [6.45, 7) is 4.23. The molecule has 0 spiro atoms. The first kappa shape index (κ1) is 13.6. The first-order valence-corrected chi connectivity index (χ1v) is 6.84. The van der Waals surface area contributed by atoms with E-state index in [2.05, 4.69) is 32.0 Å². The molecule has 0 aromatic heterocycles. The summed E-state index contributed by atoms with van der Waals surface area (Å²) < 4.78 is 5.37. The van der Waals surface area contributed by atoms with Crippen LogP contribution in [0, 0.1) is 13.8 Å². The highest BCUT2D eigenvalue weighted by Gasteiger charge is 2.33. The summed E-state index contributed by atoms with van der Waals surface area (Å²) in [4.78, 5) is 0. The average Bonchev–Trinajstić information content (AvgIpc) is 2.35. The van der Waals surface area contributed by atoms with Crippen molar-refractivity contribution in [2.45, 2.75) is 57.7 Å². The molecule has 0 bridgehead atoms. The zero-order chi connectivity index (χ0) is 13.2. The first-order valence-electron chi connectivity index (χ1n) is 6.84. The maximum atomic E-state index is 10.7. The molecule has 1 aliphatic rings. The molecule has 1 aromatic carbocycles. The molecule has 18 heavy (non-hydrogen) atoms. The van der Waals surface area contributed by atoms with Crippen LogP contribution in [0.1, 0.15) is 42.4 Å². The summed E-state index contributed by atoms with van der Waals surface area (Å²) in [7, 11) is 1.76. The van der Waals surface area contributed by atoms with Gasteiger partial charge in [-0.15, -0.1) is 0 Å². The highest BCUT2D eigenvalue weighted by atomic mass is 16.5. The Bertz CT molecular complexity index is 404. The van der Waals surface area contributed by atoms with E-state index in [0.717, 1.165) is 32.1 Å². The fraction of sp³-hybridized carbons (Fsp3) is 0.625. The summed E-state index contributed by atoms with van der Waals surface area (Å²) in [6.07, 6.45) is 4.74. The van der Waals surface area contributed by atoms with Gasteiger partial charge in [-0.05, 0) is 50.7 Å². The van der Waals surface area contributed by atoms with E-state index >= 15 is 0 Å². The molecular weight excluding hydrogens is 224 g/mol. The third-order valence-electron chi connectivity index (χ3n) is 4.22. The lowest BCUT2D eigenvalue weighted by Crippen LogP contribution is -2.38. The molecule has 1 N–H and O–H groups in total. The molecule has 1 saturated carbocycles. The van der Waals surface area contributed by atoms with Crippen LogP contribution < -0.4 is 0 Å². The number of benzene rings is 1. The molecule has 0 unspecified atom stereocenters. The molecule has 0 heterocycles. The zero-order valence-electron chi connectivity index (χ0n) is 11.7. The second-order valence-electron chi connectivity index (χ2n) is 5.77. The van der Waals surface area contributed by atoms with E-state index in [-0.39, 0.29) is 0 Å². The topological polar surface area (TPSA) is 29.5 Å². The Hall–Kier alpha value is -0.860. The molecule has 1 aliphatic carbocycles. The second-order valence-corrected chi connectivity index (χ2v) is 5.77. The molecule has 0 atom stereocenters. The van der Waals surface area contributed by atoms with Crippen molar-refractivity contribution in [1.29, 1.82) is 0 Å². The van der Waals surface area contributed by atoms with Gasteiger partial charge < -0.3 is 9.84 Å². The van der Waals surface area contributed by atoms with E-state index < -0.39 is 5.60 Å². The van der Waals surface area contributed by atoms with E-state index in [0.29, 0.717) is 6.10 Å². The second kappa shape index (κ2) is 5.41. The fourth-order valence-electron chi connectivity index (χ4n) is 2.89. The lowest BCUT2D eigenvalue weighted by atomic mass is 9.78. The molecule has 2 rings (SSSR count). The van der Waals surface area contributed by atoms with Gasteiger partial charge in [0.15, 0.2) is 0 Å². The third kappa shape index (κ3) is 3.12. The van der Waals surface area contributed by atoms with Crippen molar-refractivity contribution in [2.75, 3.05) is 7.11 Å². The predicted molar refractivity (Wildman–Crippen MR) is 73.8 cm³/mol. The third-order valence-corrected chi connectivity index (χ3v) is 4.22. The zero-order valence-corrected chi connectivity index (χ0v) is 11.7. The van der Waals surface area contributed by atoms with Crippen molar-refractivity contribution in [1.82, 2.24) is 0 Å². The van der Waals surface area contributed by atoms with Crippen LogP contribution in [0.3, 0.4) is 0 Å². The normalized spacial score (nSPS) is 28.3. The van der Waals surface area contributed by atoms with E-state index in [1.165, 1.54) is 16.7 Å². The molecule has 1 fully saturated rings. The summed E-state index contributed by atoms with van der Waals surface area (Å²) in [6, 6.07) is 6.48. The Balaban J connectivity index is 2.06. The number of hydrogen-bond donors (Lipinski definition) is 1. The summed E-state index contributed by atoms with van der Waals surface area (Å²) >= 11 is 0. The highest BCUT2D eigenvalue weighted by Crippen LogP contribution is 2.33. The van der Waals surface area contributed by atoms with Crippen LogP contribution in [-0.2, 0) is 11.2 Å². The Morgan fingerprint density at radius 2 is 1.94 bits per heavy atom. The van der Waals surface area contributed by atoms with Gasteiger partial charge in [-0.25, -0.2) is 0 Å². The Kier molecular flexibility index (Phi) is 4.08. The molecule has 0 radical (unpaired) electrons. The molecular formula is C16H24O2. The van der Waals surface area contributed by atoms with Crippen LogP contribution >= 0.6 is 0 Å². The van der Waals surface area contributed by atoms with E-state index in [9.17, 15) is 5.11 Å². The fourth-order valence-corrected chi connectivity index (χ4v) is 2.89. The van der Waals surface area contributed by atoms with Gasteiger partial charge in [-0.1, -0.05) is 23.8 Å². The van der Waals surface area contributed by atoms with Crippen molar-refractivity contribution in [2.24, 2.45) is 0 Å². The monoisotopic (exact) mass is 248 g/mol. The summed E-state index contributed by atoms with van der Waals surface area (Å²) in [5.41, 5.74) is 3.30. The van der Waals surface area contributed by atoms with Crippen molar-refractivity contribution in [3.05, 3.63) is 34.9 Å². The molecule has 1 aromatic rings. The Morgan fingerprint density at radius 3 is 2.56 bits per heavy atom.